The van der Waals surface area contributed by atoms with E-state index in [0.717, 1.165) is 10.6 Å². The summed E-state index contributed by atoms with van der Waals surface area (Å²) in [6.07, 6.45) is 1.05. The summed E-state index contributed by atoms with van der Waals surface area (Å²) in [6, 6.07) is 4.22. The molecule has 0 unspecified atom stereocenters. The Labute approximate surface area is 88.6 Å². The van der Waals surface area contributed by atoms with Crippen molar-refractivity contribution in [3.8, 4) is 0 Å². The first-order valence-corrected chi connectivity index (χ1v) is 6.14. The van der Waals surface area contributed by atoms with Gasteiger partial charge < -0.3 is 5.73 Å². The van der Waals surface area contributed by atoms with Gasteiger partial charge in [-0.2, -0.15) is 0 Å². The Balaban J connectivity index is 3.32. The summed E-state index contributed by atoms with van der Waals surface area (Å²) in [5.41, 5.74) is 5.85. The van der Waals surface area contributed by atoms with Gasteiger partial charge in [-0.25, -0.2) is 12.8 Å². The first-order chi connectivity index (χ1) is 6.88. The maximum Gasteiger partial charge on any atom is 0.232 e. The van der Waals surface area contributed by atoms with Crippen LogP contribution in [0.3, 0.4) is 0 Å². The smallest absolute Gasteiger partial charge is 0.232 e. The van der Waals surface area contributed by atoms with E-state index >= 15 is 0 Å². The molecule has 0 heterocycles. The zero-order valence-electron chi connectivity index (χ0n) is 8.57. The molecule has 1 aromatic rings. The van der Waals surface area contributed by atoms with Gasteiger partial charge in [0.25, 0.3) is 0 Å². The fraction of sp³-hybridized carbons (Fsp3) is 0.333. The highest BCUT2D eigenvalue weighted by Crippen LogP contribution is 2.23. The number of hydrogen-bond acceptors (Lipinski definition) is 3. The van der Waals surface area contributed by atoms with E-state index in [-0.39, 0.29) is 17.8 Å². The quantitative estimate of drug-likeness (QED) is 0.833. The van der Waals surface area contributed by atoms with E-state index in [2.05, 4.69) is 0 Å². The van der Waals surface area contributed by atoms with Crippen LogP contribution in [0.1, 0.15) is 5.56 Å². The minimum Gasteiger partial charge on any atom is -0.326 e. The Bertz CT molecular complexity index is 459. The summed E-state index contributed by atoms with van der Waals surface area (Å²) in [6.45, 7) is -0.0398. The number of hydrogen-bond donors (Lipinski definition) is 1. The molecule has 0 fully saturated rings. The third-order valence-electron chi connectivity index (χ3n) is 2.13. The molecule has 1 rings (SSSR count). The van der Waals surface area contributed by atoms with E-state index in [1.54, 1.807) is 0 Å². The summed E-state index contributed by atoms with van der Waals surface area (Å²) < 4.78 is 36.9. The highest BCUT2D eigenvalue weighted by molar-refractivity contribution is 7.92. The molecule has 0 saturated carbocycles. The molecule has 0 aliphatic heterocycles. The molecule has 0 bridgehead atoms. The molecule has 2 N–H and O–H groups in total. The number of nitrogens with two attached hydrogens (primary N) is 1. The molecule has 6 heteroatoms. The van der Waals surface area contributed by atoms with Crippen LogP contribution in [0, 0.1) is 5.82 Å². The molecule has 15 heavy (non-hydrogen) atoms. The standard InChI is InChI=1S/C9H13FN2O2S/c1-12(15(2,13)14)9-5-3-4-8(10)7(9)6-11/h3-5H,6,11H2,1-2H3. The minimum absolute atomic E-state index is 0.0398. The van der Waals surface area contributed by atoms with Gasteiger partial charge in [-0.3, -0.25) is 4.31 Å². The SMILES string of the molecule is CN(c1cccc(F)c1CN)S(C)(=O)=O. The van der Waals surface area contributed by atoms with Crippen LogP contribution < -0.4 is 10.0 Å². The third kappa shape index (κ3) is 2.45. The molecule has 0 aromatic heterocycles. The molecular weight excluding hydrogens is 219 g/mol. The second-order valence-corrected chi connectivity index (χ2v) is 5.19. The van der Waals surface area contributed by atoms with Crippen molar-refractivity contribution in [2.24, 2.45) is 5.73 Å². The molecule has 4 nitrogen and oxygen atoms in total. The topological polar surface area (TPSA) is 63.4 Å². The summed E-state index contributed by atoms with van der Waals surface area (Å²) in [5, 5.41) is 0. The Kier molecular flexibility index (Phi) is 3.31. The van der Waals surface area contributed by atoms with Gasteiger partial charge in [0, 0.05) is 19.2 Å². The van der Waals surface area contributed by atoms with Crippen LogP contribution in [0.25, 0.3) is 0 Å². The van der Waals surface area contributed by atoms with E-state index in [1.807, 2.05) is 0 Å². The van der Waals surface area contributed by atoms with Gasteiger partial charge >= 0.3 is 0 Å². The highest BCUT2D eigenvalue weighted by Gasteiger charge is 2.16. The van der Waals surface area contributed by atoms with Crippen LogP contribution in [0.5, 0.6) is 0 Å². The number of rotatable bonds is 3. The summed E-state index contributed by atoms with van der Waals surface area (Å²) in [5.74, 6) is -0.495. The van der Waals surface area contributed by atoms with Crippen molar-refractivity contribution in [2.45, 2.75) is 6.54 Å². The Morgan fingerprint density at radius 3 is 2.53 bits per heavy atom. The summed E-state index contributed by atoms with van der Waals surface area (Å²) in [7, 11) is -2.03. The molecular formula is C9H13FN2O2S. The van der Waals surface area contributed by atoms with Crippen LogP contribution in [0.2, 0.25) is 0 Å². The lowest BCUT2D eigenvalue weighted by atomic mass is 10.1. The molecule has 1 aromatic carbocycles. The molecule has 0 spiro atoms. The van der Waals surface area contributed by atoms with Crippen molar-refractivity contribution >= 4 is 15.7 Å². The van der Waals surface area contributed by atoms with E-state index in [1.165, 1.54) is 25.2 Å². The van der Waals surface area contributed by atoms with Gasteiger partial charge in [-0.1, -0.05) is 6.07 Å². The Hall–Kier alpha value is -1.14. The fourth-order valence-corrected chi connectivity index (χ4v) is 1.75. The molecule has 0 amide bonds. The summed E-state index contributed by atoms with van der Waals surface area (Å²) in [4.78, 5) is 0. The third-order valence-corrected chi connectivity index (χ3v) is 3.33. The van der Waals surface area contributed by atoms with Gasteiger partial charge in [-0.15, -0.1) is 0 Å². The maximum atomic E-state index is 13.3. The summed E-state index contributed by atoms with van der Waals surface area (Å²) >= 11 is 0. The van der Waals surface area contributed by atoms with Gasteiger partial charge in [-0.05, 0) is 12.1 Å². The first kappa shape index (κ1) is 11.9. The zero-order chi connectivity index (χ0) is 11.6. The lowest BCUT2D eigenvalue weighted by molar-refractivity contribution is 0.598. The second-order valence-electron chi connectivity index (χ2n) is 3.17. The number of anilines is 1. The molecule has 0 aliphatic carbocycles. The number of halogens is 1. The van der Waals surface area contributed by atoms with Gasteiger partial charge in [0.1, 0.15) is 5.82 Å². The Morgan fingerprint density at radius 1 is 1.47 bits per heavy atom. The van der Waals surface area contributed by atoms with Crippen LogP contribution in [-0.2, 0) is 16.6 Å². The second kappa shape index (κ2) is 4.16. The van der Waals surface area contributed by atoms with Crippen molar-refractivity contribution < 1.29 is 12.8 Å². The van der Waals surface area contributed by atoms with Crippen molar-refractivity contribution in [1.82, 2.24) is 0 Å². The largest absolute Gasteiger partial charge is 0.326 e. The van der Waals surface area contributed by atoms with Gasteiger partial charge in [0.2, 0.25) is 10.0 Å². The predicted molar refractivity (Wildman–Crippen MR) is 57.5 cm³/mol. The van der Waals surface area contributed by atoms with E-state index in [0.29, 0.717) is 0 Å². The molecule has 84 valence electrons. The van der Waals surface area contributed by atoms with Crippen LogP contribution in [0.4, 0.5) is 10.1 Å². The van der Waals surface area contributed by atoms with Crippen molar-refractivity contribution in [1.29, 1.82) is 0 Å². The predicted octanol–water partition coefficient (Wildman–Crippen LogP) is 0.680. The molecule has 0 saturated heterocycles. The van der Waals surface area contributed by atoms with Crippen LogP contribution in [-0.4, -0.2) is 21.7 Å². The zero-order valence-corrected chi connectivity index (χ0v) is 9.38. The van der Waals surface area contributed by atoms with Crippen molar-refractivity contribution in [3.05, 3.63) is 29.6 Å². The highest BCUT2D eigenvalue weighted by atomic mass is 32.2. The minimum atomic E-state index is -3.39. The molecule has 0 aliphatic rings. The van der Waals surface area contributed by atoms with E-state index in [9.17, 15) is 12.8 Å². The van der Waals surface area contributed by atoms with Gasteiger partial charge in [0.05, 0.1) is 11.9 Å². The van der Waals surface area contributed by atoms with E-state index in [4.69, 9.17) is 5.73 Å². The lowest BCUT2D eigenvalue weighted by Crippen LogP contribution is -2.26. The van der Waals surface area contributed by atoms with Gasteiger partial charge in [0.15, 0.2) is 0 Å². The number of benzene rings is 1. The number of nitrogens with zero attached hydrogens (tertiary/aromatic N) is 1. The normalized spacial score (nSPS) is 11.5. The Morgan fingerprint density at radius 2 is 2.07 bits per heavy atom. The van der Waals surface area contributed by atoms with Crippen LogP contribution in [0.15, 0.2) is 18.2 Å². The van der Waals surface area contributed by atoms with Crippen LogP contribution >= 0.6 is 0 Å². The maximum absolute atomic E-state index is 13.3. The number of sulfonamides is 1. The average Bonchev–Trinajstić information content (AvgIpc) is 2.14. The average molecular weight is 232 g/mol. The molecule has 0 radical (unpaired) electrons. The monoisotopic (exact) mass is 232 g/mol. The van der Waals surface area contributed by atoms with E-state index < -0.39 is 15.8 Å². The van der Waals surface area contributed by atoms with Crippen molar-refractivity contribution in [3.63, 3.8) is 0 Å². The van der Waals surface area contributed by atoms with Crippen molar-refractivity contribution in [2.75, 3.05) is 17.6 Å². The lowest BCUT2D eigenvalue weighted by Gasteiger charge is -2.19. The molecule has 0 atom stereocenters. The fourth-order valence-electron chi connectivity index (χ4n) is 1.22. The first-order valence-electron chi connectivity index (χ1n) is 4.29.